The molecule has 0 spiro atoms. The lowest BCUT2D eigenvalue weighted by molar-refractivity contribution is -0.142. The number of carbonyl (C=O) groups is 2. The highest BCUT2D eigenvalue weighted by molar-refractivity contribution is 5.69. The van der Waals surface area contributed by atoms with Crippen LogP contribution >= 0.6 is 0 Å². The summed E-state index contributed by atoms with van der Waals surface area (Å²) < 4.78 is 9.94. The highest BCUT2D eigenvalue weighted by atomic mass is 16.5. The molecule has 0 radical (unpaired) electrons. The maximum atomic E-state index is 11.1. The van der Waals surface area contributed by atoms with Gasteiger partial charge >= 0.3 is 11.9 Å². The van der Waals surface area contributed by atoms with E-state index in [4.69, 9.17) is 9.47 Å². The molecule has 0 aromatic heterocycles. The Morgan fingerprint density at radius 2 is 1.04 bits per heavy atom. The molecule has 0 saturated heterocycles. The van der Waals surface area contributed by atoms with E-state index in [1.165, 1.54) is 78.9 Å². The maximum Gasteiger partial charge on any atom is 0.305 e. The Labute approximate surface area is 299 Å². The average molecular weight is 671 g/mol. The van der Waals surface area contributed by atoms with E-state index in [1.807, 2.05) is 50.3 Å². The summed E-state index contributed by atoms with van der Waals surface area (Å²) in [6.45, 7) is 26.0. The van der Waals surface area contributed by atoms with Gasteiger partial charge in [0, 0.05) is 13.3 Å². The monoisotopic (exact) mass is 670 g/mol. The van der Waals surface area contributed by atoms with Crippen molar-refractivity contribution in [2.75, 3.05) is 13.2 Å². The van der Waals surface area contributed by atoms with Crippen LogP contribution in [-0.2, 0) is 19.1 Å². The van der Waals surface area contributed by atoms with Crippen LogP contribution in [0.25, 0.3) is 0 Å². The zero-order valence-electron chi connectivity index (χ0n) is 32.9. The summed E-state index contributed by atoms with van der Waals surface area (Å²) in [5, 5.41) is 0. The molecule has 49 heavy (non-hydrogen) atoms. The molecule has 0 unspecified atom stereocenters. The number of carbonyl (C=O) groups excluding carboxylic acids is 2. The summed E-state index contributed by atoms with van der Waals surface area (Å²) in [7, 11) is 0. The molecule has 4 nitrogen and oxygen atoms in total. The minimum absolute atomic E-state index is 0.163. The van der Waals surface area contributed by atoms with Crippen molar-refractivity contribution in [1.29, 1.82) is 0 Å². The first-order chi connectivity index (χ1) is 23.0. The molecule has 0 bridgehead atoms. The lowest BCUT2D eigenvalue weighted by Crippen LogP contribution is -2.19. The molecule has 0 aliphatic heterocycles. The summed E-state index contributed by atoms with van der Waals surface area (Å²) in [6, 6.07) is 0. The molecule has 2 aliphatic carbocycles. The first-order valence-electron chi connectivity index (χ1n) is 18.1. The third-order valence-electron chi connectivity index (χ3n) is 9.18. The smallest absolute Gasteiger partial charge is 0.305 e. The zero-order chi connectivity index (χ0) is 37.0. The Morgan fingerprint density at radius 3 is 1.41 bits per heavy atom. The van der Waals surface area contributed by atoms with Gasteiger partial charge in [-0.2, -0.15) is 0 Å². The summed E-state index contributed by atoms with van der Waals surface area (Å²) in [5.41, 5.74) is 11.2. The molecule has 4 heteroatoms. The number of esters is 2. The van der Waals surface area contributed by atoms with Gasteiger partial charge in [-0.1, -0.05) is 129 Å². The number of allylic oxidation sites excluding steroid dienone is 18. The fraction of sp³-hybridized carbons (Fsp3) is 0.511. The highest BCUT2D eigenvalue weighted by Gasteiger charge is 2.27. The van der Waals surface area contributed by atoms with E-state index in [2.05, 4.69) is 91.8 Å². The van der Waals surface area contributed by atoms with Crippen molar-refractivity contribution < 1.29 is 19.1 Å². The highest BCUT2D eigenvalue weighted by Crippen LogP contribution is 2.41. The molecule has 0 amide bonds. The normalized spacial score (nSPS) is 19.3. The average Bonchev–Trinajstić information content (AvgIpc) is 3.00. The standard InChI is InChI=1S/C23H34O2.C22H32O2/c1-7-22(24)25-17-15-19(3)11-8-10-18(2)13-14-21-20(4)12-9-16-23(21,5)6;1-17(9-7-10-18(2)14-16-24-20(4)23)12-13-21-19(3)11-8-15-22(21,5)6/h8,10-11,13-15H,7,9,12,16-17H2,1-6H3;7,9-10,12-14H,8,11,15-16H2,1-6H3/b11-8+,14-13+,18-10+,19-15+;10-7+,13-12+,17-9+,18-14+. The molecular weight excluding hydrogens is 604 g/mol. The molecule has 0 aromatic rings. The fourth-order valence-electron chi connectivity index (χ4n) is 6.06. The molecule has 0 N–H and O–H groups in total. The number of ether oxygens (including phenoxy) is 2. The lowest BCUT2D eigenvalue weighted by atomic mass is 9.72. The van der Waals surface area contributed by atoms with Gasteiger partial charge in [-0.05, 0) is 114 Å². The summed E-state index contributed by atoms with van der Waals surface area (Å²) in [5.74, 6) is -0.414. The van der Waals surface area contributed by atoms with Crippen molar-refractivity contribution in [2.24, 2.45) is 10.8 Å². The van der Waals surface area contributed by atoms with Crippen LogP contribution in [-0.4, -0.2) is 25.2 Å². The predicted molar refractivity (Wildman–Crippen MR) is 210 cm³/mol. The number of hydrogen-bond acceptors (Lipinski definition) is 4. The lowest BCUT2D eigenvalue weighted by Gasteiger charge is -2.33. The third-order valence-corrected chi connectivity index (χ3v) is 9.18. The first kappa shape index (κ1) is 43.4. The van der Waals surface area contributed by atoms with Crippen molar-refractivity contribution in [2.45, 2.75) is 128 Å². The Bertz CT molecular complexity index is 1420. The topological polar surface area (TPSA) is 52.6 Å². The minimum atomic E-state index is -0.251. The fourth-order valence-corrected chi connectivity index (χ4v) is 6.06. The van der Waals surface area contributed by atoms with Crippen LogP contribution in [0.4, 0.5) is 0 Å². The van der Waals surface area contributed by atoms with Crippen LogP contribution in [0.1, 0.15) is 128 Å². The van der Waals surface area contributed by atoms with E-state index in [9.17, 15) is 9.59 Å². The molecule has 2 aliphatic rings. The van der Waals surface area contributed by atoms with Gasteiger partial charge in [0.05, 0.1) is 0 Å². The second-order valence-electron chi connectivity index (χ2n) is 14.8. The van der Waals surface area contributed by atoms with Crippen molar-refractivity contribution >= 4 is 11.9 Å². The molecule has 0 atom stereocenters. The van der Waals surface area contributed by atoms with Crippen molar-refractivity contribution in [3.05, 3.63) is 117 Å². The van der Waals surface area contributed by atoms with Crippen LogP contribution < -0.4 is 0 Å². The largest absolute Gasteiger partial charge is 0.462 e. The third kappa shape index (κ3) is 18.1. The number of rotatable bonds is 13. The SMILES string of the molecule is CC(=O)OC/C=C(C)/C=C/C=C(C)/C=C/C1=C(C)CCCC1(C)C.CCC(=O)OC/C=C(C)/C=C/C=C(C)/C=C/C1=C(C)CCCC1(C)C. The quantitative estimate of drug-likeness (QED) is 0.145. The molecule has 0 saturated carbocycles. The summed E-state index contributed by atoms with van der Waals surface area (Å²) in [6.07, 6.45) is 33.1. The van der Waals surface area contributed by atoms with Gasteiger partial charge in [0.25, 0.3) is 0 Å². The van der Waals surface area contributed by atoms with E-state index in [0.717, 1.165) is 11.1 Å². The van der Waals surface area contributed by atoms with Gasteiger partial charge in [-0.25, -0.2) is 0 Å². The van der Waals surface area contributed by atoms with Crippen LogP contribution in [0.3, 0.4) is 0 Å². The molecule has 270 valence electrons. The van der Waals surface area contributed by atoms with Crippen molar-refractivity contribution in [3.8, 4) is 0 Å². The van der Waals surface area contributed by atoms with E-state index < -0.39 is 0 Å². The van der Waals surface area contributed by atoms with E-state index in [-0.39, 0.29) is 22.8 Å². The molecule has 0 heterocycles. The van der Waals surface area contributed by atoms with Gasteiger partial charge in [0.2, 0.25) is 0 Å². The zero-order valence-corrected chi connectivity index (χ0v) is 32.9. The van der Waals surface area contributed by atoms with E-state index >= 15 is 0 Å². The number of hydrogen-bond donors (Lipinski definition) is 0. The van der Waals surface area contributed by atoms with Crippen LogP contribution in [0.15, 0.2) is 117 Å². The molecule has 2 rings (SSSR count). The second-order valence-corrected chi connectivity index (χ2v) is 14.8. The van der Waals surface area contributed by atoms with Crippen LogP contribution in [0.2, 0.25) is 0 Å². The van der Waals surface area contributed by atoms with Gasteiger partial charge < -0.3 is 9.47 Å². The van der Waals surface area contributed by atoms with Crippen LogP contribution in [0, 0.1) is 10.8 Å². The Kier molecular flexibility index (Phi) is 19.6. The predicted octanol–water partition coefficient (Wildman–Crippen LogP) is 12.6. The van der Waals surface area contributed by atoms with E-state index in [0.29, 0.717) is 19.6 Å². The van der Waals surface area contributed by atoms with Crippen molar-refractivity contribution in [3.63, 3.8) is 0 Å². The summed E-state index contributed by atoms with van der Waals surface area (Å²) in [4.78, 5) is 21.8. The molecule has 0 aromatic carbocycles. The van der Waals surface area contributed by atoms with Crippen LogP contribution in [0.5, 0.6) is 0 Å². The van der Waals surface area contributed by atoms with Crippen molar-refractivity contribution in [1.82, 2.24) is 0 Å². The second kappa shape index (κ2) is 22.1. The Morgan fingerprint density at radius 1 is 0.633 bits per heavy atom. The minimum Gasteiger partial charge on any atom is -0.462 e. The first-order valence-corrected chi connectivity index (χ1v) is 18.1. The molecular formula is C45H66O4. The molecule has 0 fully saturated rings. The Balaban J connectivity index is 0.000000490. The Hall–Kier alpha value is -3.66. The van der Waals surface area contributed by atoms with Gasteiger partial charge in [0.1, 0.15) is 13.2 Å². The van der Waals surface area contributed by atoms with Gasteiger partial charge in [0.15, 0.2) is 0 Å². The maximum absolute atomic E-state index is 11.1. The van der Waals surface area contributed by atoms with E-state index in [1.54, 1.807) is 6.92 Å². The van der Waals surface area contributed by atoms with Gasteiger partial charge in [-0.3, -0.25) is 9.59 Å². The van der Waals surface area contributed by atoms with Gasteiger partial charge in [-0.15, -0.1) is 0 Å². The summed E-state index contributed by atoms with van der Waals surface area (Å²) >= 11 is 0.